The molecule has 1 heterocycles. The maximum atomic E-state index is 12.0. The average Bonchev–Trinajstić information content (AvgIpc) is 2.97. The van der Waals surface area contributed by atoms with Crippen molar-refractivity contribution in [1.82, 2.24) is 10.3 Å². The molecule has 0 atom stereocenters. The van der Waals surface area contributed by atoms with Gasteiger partial charge in [-0.3, -0.25) is 5.32 Å². The largest absolute Gasteiger partial charge is 0.337 e. The average molecular weight is 346 g/mol. The first-order chi connectivity index (χ1) is 11.1. The Hall–Kier alpha value is -2.11. The molecule has 3 aromatic rings. The Balaban J connectivity index is 1.60. The van der Waals surface area contributed by atoms with Crippen LogP contribution in [0, 0.1) is 6.92 Å². The predicted octanol–water partition coefficient (Wildman–Crippen LogP) is 4.62. The molecule has 0 radical (unpaired) electrons. The van der Waals surface area contributed by atoms with E-state index in [1.54, 1.807) is 0 Å². The molecule has 0 fully saturated rings. The van der Waals surface area contributed by atoms with Crippen molar-refractivity contribution in [3.63, 3.8) is 0 Å². The van der Waals surface area contributed by atoms with Gasteiger partial charge < -0.3 is 5.32 Å². The summed E-state index contributed by atoms with van der Waals surface area (Å²) in [7, 11) is 0. The Kier molecular flexibility index (Phi) is 4.79. The third kappa shape index (κ3) is 3.81. The number of urea groups is 1. The SMILES string of the molecule is Cc1ccc(Cl)c2sc(NC(=O)NCCc3ccccc3)nc12. The standard InChI is InChI=1S/C17H16ClN3OS/c1-11-7-8-13(18)15-14(11)20-17(23-15)21-16(22)19-10-9-12-5-3-2-4-6-12/h2-8H,9-10H2,1H3,(H2,19,20,21,22). The number of anilines is 1. The number of benzene rings is 2. The summed E-state index contributed by atoms with van der Waals surface area (Å²) < 4.78 is 0.895. The molecule has 6 heteroatoms. The van der Waals surface area contributed by atoms with Gasteiger partial charge in [0.05, 0.1) is 15.2 Å². The molecular formula is C17H16ClN3OS. The summed E-state index contributed by atoms with van der Waals surface area (Å²) in [5.41, 5.74) is 3.07. The van der Waals surface area contributed by atoms with Gasteiger partial charge >= 0.3 is 6.03 Å². The van der Waals surface area contributed by atoms with E-state index in [0.717, 1.165) is 22.2 Å². The van der Waals surface area contributed by atoms with Gasteiger partial charge in [-0.2, -0.15) is 0 Å². The minimum atomic E-state index is -0.256. The fourth-order valence-electron chi connectivity index (χ4n) is 2.26. The molecule has 3 rings (SSSR count). The quantitative estimate of drug-likeness (QED) is 0.724. The fraction of sp³-hybridized carbons (Fsp3) is 0.176. The van der Waals surface area contributed by atoms with Crippen LogP contribution in [0.3, 0.4) is 0 Å². The van der Waals surface area contributed by atoms with E-state index < -0.39 is 0 Å². The third-order valence-corrected chi connectivity index (χ3v) is 4.89. The van der Waals surface area contributed by atoms with Gasteiger partial charge in [-0.15, -0.1) is 0 Å². The summed E-state index contributed by atoms with van der Waals surface area (Å²) in [6.07, 6.45) is 0.791. The Labute approximate surface area is 143 Å². The monoisotopic (exact) mass is 345 g/mol. The van der Waals surface area contributed by atoms with Crippen molar-refractivity contribution in [2.75, 3.05) is 11.9 Å². The summed E-state index contributed by atoms with van der Waals surface area (Å²) in [4.78, 5) is 16.4. The molecule has 0 aliphatic rings. The van der Waals surface area contributed by atoms with Crippen LogP contribution in [0.4, 0.5) is 9.93 Å². The number of carbonyl (C=O) groups excluding carboxylic acids is 1. The topological polar surface area (TPSA) is 54.0 Å². The fourth-order valence-corrected chi connectivity index (χ4v) is 3.47. The molecule has 23 heavy (non-hydrogen) atoms. The normalized spacial score (nSPS) is 10.7. The first-order valence-electron chi connectivity index (χ1n) is 7.28. The van der Waals surface area contributed by atoms with Crippen LogP contribution >= 0.6 is 22.9 Å². The van der Waals surface area contributed by atoms with Gasteiger partial charge in [0.2, 0.25) is 0 Å². The number of halogens is 1. The molecule has 0 aliphatic heterocycles. The molecule has 1 aromatic heterocycles. The van der Waals surface area contributed by atoms with Gasteiger partial charge in [-0.25, -0.2) is 9.78 Å². The minimum Gasteiger partial charge on any atom is -0.337 e. The molecule has 4 nitrogen and oxygen atoms in total. The Morgan fingerprint density at radius 1 is 1.22 bits per heavy atom. The van der Waals surface area contributed by atoms with E-state index in [0.29, 0.717) is 16.7 Å². The van der Waals surface area contributed by atoms with Crippen LogP contribution in [-0.4, -0.2) is 17.6 Å². The number of nitrogens with zero attached hydrogens (tertiary/aromatic N) is 1. The summed E-state index contributed by atoms with van der Waals surface area (Å²) in [5.74, 6) is 0. The highest BCUT2D eigenvalue weighted by molar-refractivity contribution is 7.23. The lowest BCUT2D eigenvalue weighted by atomic mass is 10.1. The molecule has 2 amide bonds. The first-order valence-corrected chi connectivity index (χ1v) is 8.47. The molecule has 0 spiro atoms. The zero-order chi connectivity index (χ0) is 16.2. The number of rotatable bonds is 4. The van der Waals surface area contributed by atoms with E-state index in [2.05, 4.69) is 15.6 Å². The molecule has 0 saturated carbocycles. The van der Waals surface area contributed by atoms with Crippen LogP contribution in [0.15, 0.2) is 42.5 Å². The number of thiazole rings is 1. The van der Waals surface area contributed by atoms with Gasteiger partial charge in [0.25, 0.3) is 0 Å². The molecular weight excluding hydrogens is 330 g/mol. The van der Waals surface area contributed by atoms with Crippen molar-refractivity contribution in [2.45, 2.75) is 13.3 Å². The highest BCUT2D eigenvalue weighted by atomic mass is 35.5. The van der Waals surface area contributed by atoms with Crippen LogP contribution in [0.2, 0.25) is 5.02 Å². The van der Waals surface area contributed by atoms with Gasteiger partial charge in [-0.05, 0) is 30.5 Å². The third-order valence-electron chi connectivity index (χ3n) is 3.46. The van der Waals surface area contributed by atoms with Crippen molar-refractivity contribution in [2.24, 2.45) is 0 Å². The number of hydrogen-bond acceptors (Lipinski definition) is 3. The summed E-state index contributed by atoms with van der Waals surface area (Å²) in [6, 6.07) is 13.5. The molecule has 0 saturated heterocycles. The predicted molar refractivity (Wildman–Crippen MR) is 96.5 cm³/mol. The van der Waals surface area contributed by atoms with Gasteiger partial charge in [0.1, 0.15) is 0 Å². The number of nitrogens with one attached hydrogen (secondary N) is 2. The summed E-state index contributed by atoms with van der Waals surface area (Å²) in [5, 5.41) is 6.81. The molecule has 118 valence electrons. The van der Waals surface area contributed by atoms with Crippen molar-refractivity contribution in [1.29, 1.82) is 0 Å². The lowest BCUT2D eigenvalue weighted by Crippen LogP contribution is -2.30. The van der Waals surface area contributed by atoms with Crippen LogP contribution in [-0.2, 0) is 6.42 Å². The highest BCUT2D eigenvalue weighted by Gasteiger charge is 2.11. The number of aryl methyl sites for hydroxylation is 1. The number of carbonyl (C=O) groups is 1. The van der Waals surface area contributed by atoms with Crippen LogP contribution in [0.25, 0.3) is 10.2 Å². The Bertz CT molecular complexity index is 793. The van der Waals surface area contributed by atoms with E-state index in [1.807, 2.05) is 49.4 Å². The number of fused-ring (bicyclic) bond motifs is 1. The second-order valence-electron chi connectivity index (χ2n) is 5.18. The van der Waals surface area contributed by atoms with E-state index >= 15 is 0 Å². The zero-order valence-electron chi connectivity index (χ0n) is 12.6. The minimum absolute atomic E-state index is 0.256. The van der Waals surface area contributed by atoms with Crippen molar-refractivity contribution in [3.8, 4) is 0 Å². The van der Waals surface area contributed by atoms with Gasteiger partial charge in [0.15, 0.2) is 5.13 Å². The maximum Gasteiger partial charge on any atom is 0.321 e. The summed E-state index contributed by atoms with van der Waals surface area (Å²) >= 11 is 7.55. The van der Waals surface area contributed by atoms with Crippen LogP contribution in [0.1, 0.15) is 11.1 Å². The molecule has 0 unspecified atom stereocenters. The summed E-state index contributed by atoms with van der Waals surface area (Å²) in [6.45, 7) is 2.54. The molecule has 2 aromatic carbocycles. The van der Waals surface area contributed by atoms with Crippen molar-refractivity contribution in [3.05, 3.63) is 58.6 Å². The molecule has 0 aliphatic carbocycles. The van der Waals surface area contributed by atoms with Gasteiger partial charge in [0, 0.05) is 6.54 Å². The number of aromatic nitrogens is 1. The molecule has 2 N–H and O–H groups in total. The lowest BCUT2D eigenvalue weighted by molar-refractivity contribution is 0.252. The second kappa shape index (κ2) is 6.98. The van der Waals surface area contributed by atoms with Crippen LogP contribution in [0.5, 0.6) is 0 Å². The van der Waals surface area contributed by atoms with Crippen molar-refractivity contribution < 1.29 is 4.79 Å². The van der Waals surface area contributed by atoms with E-state index in [-0.39, 0.29) is 6.03 Å². The van der Waals surface area contributed by atoms with E-state index in [9.17, 15) is 4.79 Å². The van der Waals surface area contributed by atoms with Crippen LogP contribution < -0.4 is 10.6 Å². The maximum absolute atomic E-state index is 12.0. The van der Waals surface area contributed by atoms with Crippen molar-refractivity contribution >= 4 is 44.3 Å². The smallest absolute Gasteiger partial charge is 0.321 e. The molecule has 0 bridgehead atoms. The van der Waals surface area contributed by atoms with E-state index in [4.69, 9.17) is 11.6 Å². The highest BCUT2D eigenvalue weighted by Crippen LogP contribution is 2.33. The zero-order valence-corrected chi connectivity index (χ0v) is 14.2. The van der Waals surface area contributed by atoms with E-state index in [1.165, 1.54) is 16.9 Å². The Morgan fingerprint density at radius 3 is 2.74 bits per heavy atom. The second-order valence-corrected chi connectivity index (χ2v) is 6.58. The number of hydrogen-bond donors (Lipinski definition) is 2. The Morgan fingerprint density at radius 2 is 2.00 bits per heavy atom. The first kappa shape index (κ1) is 15.8. The lowest BCUT2D eigenvalue weighted by Gasteiger charge is -2.05. The van der Waals surface area contributed by atoms with Gasteiger partial charge in [-0.1, -0.05) is 59.3 Å². The number of amides is 2.